The van der Waals surface area contributed by atoms with Gasteiger partial charge >= 0.3 is 0 Å². The summed E-state index contributed by atoms with van der Waals surface area (Å²) in [6, 6.07) is 12.6. The van der Waals surface area contributed by atoms with Gasteiger partial charge in [0, 0.05) is 13.1 Å². The number of piperazine rings is 1. The molecule has 142 valence electrons. The molecular formula is C20H22N2O4S. The summed E-state index contributed by atoms with van der Waals surface area (Å²) in [5.74, 6) is 0.462. The first-order chi connectivity index (χ1) is 12.9. The van der Waals surface area contributed by atoms with Gasteiger partial charge in [-0.3, -0.25) is 4.79 Å². The van der Waals surface area contributed by atoms with E-state index in [4.69, 9.17) is 4.74 Å². The summed E-state index contributed by atoms with van der Waals surface area (Å²) in [7, 11) is -2.23. The number of sulfonamides is 1. The van der Waals surface area contributed by atoms with Crippen molar-refractivity contribution in [3.63, 3.8) is 0 Å². The largest absolute Gasteiger partial charge is 0.497 e. The standard InChI is InChI=1S/C20H22N2O4S/c1-14-11-16(26-2)7-8-19(14)27(24,25)21-12-18-17-6-4-3-5-15(17)9-10-22(18)20(23)13-21/h3-8,11,18H,9-10,12-13H2,1-2H3/t18-/m0/s1. The zero-order valence-electron chi connectivity index (χ0n) is 15.4. The monoisotopic (exact) mass is 386 g/mol. The molecule has 0 bridgehead atoms. The van der Waals surface area contributed by atoms with Crippen LogP contribution in [-0.2, 0) is 21.2 Å². The lowest BCUT2D eigenvalue weighted by molar-refractivity contribution is -0.138. The van der Waals surface area contributed by atoms with E-state index in [1.54, 1.807) is 32.2 Å². The van der Waals surface area contributed by atoms with Crippen molar-refractivity contribution in [1.82, 2.24) is 9.21 Å². The number of benzene rings is 2. The van der Waals surface area contributed by atoms with Gasteiger partial charge in [-0.1, -0.05) is 24.3 Å². The number of carbonyl (C=O) groups is 1. The Labute approximate surface area is 159 Å². The van der Waals surface area contributed by atoms with Gasteiger partial charge in [-0.2, -0.15) is 4.31 Å². The predicted molar refractivity (Wildman–Crippen MR) is 101 cm³/mol. The van der Waals surface area contributed by atoms with E-state index >= 15 is 0 Å². The van der Waals surface area contributed by atoms with Crippen LogP contribution in [0.2, 0.25) is 0 Å². The Bertz CT molecular complexity index is 1000. The molecule has 4 rings (SSSR count). The summed E-state index contributed by atoms with van der Waals surface area (Å²) >= 11 is 0. The van der Waals surface area contributed by atoms with Crippen LogP contribution in [0.5, 0.6) is 5.75 Å². The van der Waals surface area contributed by atoms with Crippen LogP contribution in [0.1, 0.15) is 22.7 Å². The molecule has 2 aromatic carbocycles. The van der Waals surface area contributed by atoms with Crippen molar-refractivity contribution in [3.05, 3.63) is 59.2 Å². The maximum atomic E-state index is 13.3. The van der Waals surface area contributed by atoms with E-state index in [0.29, 0.717) is 17.9 Å². The topological polar surface area (TPSA) is 66.9 Å². The quantitative estimate of drug-likeness (QED) is 0.811. The maximum Gasteiger partial charge on any atom is 0.243 e. The number of aryl methyl sites for hydroxylation is 1. The number of methoxy groups -OCH3 is 1. The number of fused-ring (bicyclic) bond motifs is 3. The molecule has 0 spiro atoms. The minimum Gasteiger partial charge on any atom is -0.497 e. The first-order valence-corrected chi connectivity index (χ1v) is 10.4. The molecule has 6 nitrogen and oxygen atoms in total. The Hall–Kier alpha value is -2.38. The number of carbonyl (C=O) groups excluding carboxylic acids is 1. The SMILES string of the molecule is COc1ccc(S(=O)(=O)N2CC(=O)N3CCc4ccccc4[C@@H]3C2)c(C)c1. The molecule has 1 amide bonds. The lowest BCUT2D eigenvalue weighted by Gasteiger charge is -2.44. The van der Waals surface area contributed by atoms with Crippen molar-refractivity contribution in [2.75, 3.05) is 26.7 Å². The predicted octanol–water partition coefficient (Wildman–Crippen LogP) is 2.13. The molecule has 2 aliphatic heterocycles. The van der Waals surface area contributed by atoms with Crippen molar-refractivity contribution < 1.29 is 17.9 Å². The number of nitrogens with zero attached hydrogens (tertiary/aromatic N) is 2. The van der Waals surface area contributed by atoms with E-state index in [9.17, 15) is 13.2 Å². The third-order valence-electron chi connectivity index (χ3n) is 5.42. The number of rotatable bonds is 3. The summed E-state index contributed by atoms with van der Waals surface area (Å²) in [4.78, 5) is 14.7. The van der Waals surface area contributed by atoms with Gasteiger partial charge < -0.3 is 9.64 Å². The molecule has 7 heteroatoms. The van der Waals surface area contributed by atoms with Gasteiger partial charge in [-0.15, -0.1) is 0 Å². The first-order valence-electron chi connectivity index (χ1n) is 8.94. The van der Waals surface area contributed by atoms with Crippen LogP contribution in [0.15, 0.2) is 47.4 Å². The average Bonchev–Trinajstić information content (AvgIpc) is 2.67. The van der Waals surface area contributed by atoms with E-state index < -0.39 is 10.0 Å². The highest BCUT2D eigenvalue weighted by Crippen LogP contribution is 2.35. The molecule has 27 heavy (non-hydrogen) atoms. The van der Waals surface area contributed by atoms with Crippen LogP contribution in [0.4, 0.5) is 0 Å². The molecule has 0 radical (unpaired) electrons. The summed E-state index contributed by atoms with van der Waals surface area (Å²) in [6.45, 7) is 2.53. The summed E-state index contributed by atoms with van der Waals surface area (Å²) in [5.41, 5.74) is 2.84. The van der Waals surface area contributed by atoms with Crippen molar-refractivity contribution in [2.24, 2.45) is 0 Å². The summed E-state index contributed by atoms with van der Waals surface area (Å²) < 4.78 is 33.0. The van der Waals surface area contributed by atoms with Gasteiger partial charge in [0.2, 0.25) is 15.9 Å². The second-order valence-electron chi connectivity index (χ2n) is 6.98. The number of amides is 1. The molecule has 0 unspecified atom stereocenters. The van der Waals surface area contributed by atoms with Gasteiger partial charge in [0.1, 0.15) is 5.75 Å². The summed E-state index contributed by atoms with van der Waals surface area (Å²) in [5, 5.41) is 0. The smallest absolute Gasteiger partial charge is 0.243 e. The molecule has 1 fully saturated rings. The van der Waals surface area contributed by atoms with Crippen LogP contribution >= 0.6 is 0 Å². The highest BCUT2D eigenvalue weighted by Gasteiger charge is 2.41. The summed E-state index contributed by atoms with van der Waals surface area (Å²) in [6.07, 6.45) is 0.808. The Kier molecular flexibility index (Phi) is 4.44. The molecule has 1 atom stereocenters. The molecule has 0 aromatic heterocycles. The highest BCUT2D eigenvalue weighted by molar-refractivity contribution is 7.89. The molecular weight excluding hydrogens is 364 g/mol. The van der Waals surface area contributed by atoms with Gasteiger partial charge in [-0.25, -0.2) is 8.42 Å². The fourth-order valence-corrected chi connectivity index (χ4v) is 5.61. The Balaban J connectivity index is 1.70. The van der Waals surface area contributed by atoms with E-state index in [1.165, 1.54) is 9.87 Å². The zero-order valence-corrected chi connectivity index (χ0v) is 16.2. The Morgan fingerprint density at radius 1 is 1.15 bits per heavy atom. The fourth-order valence-electron chi connectivity index (χ4n) is 4.01. The Morgan fingerprint density at radius 2 is 1.93 bits per heavy atom. The zero-order chi connectivity index (χ0) is 19.2. The molecule has 2 aliphatic rings. The second-order valence-corrected chi connectivity index (χ2v) is 8.89. The lowest BCUT2D eigenvalue weighted by Crippen LogP contribution is -2.55. The number of ether oxygens (including phenoxy) is 1. The van der Waals surface area contributed by atoms with Gasteiger partial charge in [0.05, 0.1) is 24.6 Å². The lowest BCUT2D eigenvalue weighted by atomic mass is 9.91. The molecule has 0 aliphatic carbocycles. The van der Waals surface area contributed by atoms with Crippen LogP contribution in [0, 0.1) is 6.92 Å². The third kappa shape index (κ3) is 3.00. The van der Waals surface area contributed by atoms with Crippen molar-refractivity contribution in [3.8, 4) is 5.75 Å². The minimum absolute atomic E-state index is 0.119. The van der Waals surface area contributed by atoms with Crippen LogP contribution in [0.3, 0.4) is 0 Å². The van der Waals surface area contributed by atoms with Crippen LogP contribution < -0.4 is 4.74 Å². The molecule has 2 heterocycles. The van der Waals surface area contributed by atoms with Crippen molar-refractivity contribution >= 4 is 15.9 Å². The normalized spacial score (nSPS) is 20.1. The Morgan fingerprint density at radius 3 is 2.67 bits per heavy atom. The van der Waals surface area contributed by atoms with E-state index in [0.717, 1.165) is 12.0 Å². The first kappa shape index (κ1) is 18.0. The van der Waals surface area contributed by atoms with Gasteiger partial charge in [0.15, 0.2) is 0 Å². The van der Waals surface area contributed by atoms with E-state index in [1.807, 2.05) is 23.1 Å². The average molecular weight is 386 g/mol. The molecule has 0 saturated carbocycles. The second kappa shape index (κ2) is 6.65. The third-order valence-corrected chi connectivity index (χ3v) is 7.39. The minimum atomic E-state index is -3.77. The van der Waals surface area contributed by atoms with E-state index in [-0.39, 0.29) is 29.9 Å². The molecule has 0 N–H and O–H groups in total. The number of hydrogen-bond donors (Lipinski definition) is 0. The fraction of sp³-hybridized carbons (Fsp3) is 0.350. The van der Waals surface area contributed by atoms with Crippen LogP contribution in [0.25, 0.3) is 0 Å². The highest BCUT2D eigenvalue weighted by atomic mass is 32.2. The van der Waals surface area contributed by atoms with Crippen molar-refractivity contribution in [2.45, 2.75) is 24.3 Å². The van der Waals surface area contributed by atoms with Crippen molar-refractivity contribution in [1.29, 1.82) is 0 Å². The molecule has 1 saturated heterocycles. The number of hydrogen-bond acceptors (Lipinski definition) is 4. The van der Waals surface area contributed by atoms with E-state index in [2.05, 4.69) is 6.07 Å². The van der Waals surface area contributed by atoms with Crippen LogP contribution in [-0.4, -0.2) is 50.3 Å². The van der Waals surface area contributed by atoms with Gasteiger partial charge in [0.25, 0.3) is 0 Å². The molecule has 2 aromatic rings. The maximum absolute atomic E-state index is 13.3. The van der Waals surface area contributed by atoms with Gasteiger partial charge in [-0.05, 0) is 48.2 Å².